The van der Waals surface area contributed by atoms with Crippen molar-refractivity contribution in [3.8, 4) is 11.5 Å². The fourth-order valence-electron chi connectivity index (χ4n) is 3.93. The second kappa shape index (κ2) is 9.96. The molecular weight excluding hydrogens is 370 g/mol. The average Bonchev–Trinajstić information content (AvgIpc) is 3.05. The van der Waals surface area contributed by atoms with Gasteiger partial charge in [0.25, 0.3) is 0 Å². The van der Waals surface area contributed by atoms with Gasteiger partial charge in [-0.2, -0.15) is 0 Å². The Balaban J connectivity index is 1.66. The predicted octanol–water partition coefficient (Wildman–Crippen LogP) is 2.36. The van der Waals surface area contributed by atoms with Gasteiger partial charge in [-0.3, -0.25) is 14.5 Å². The van der Waals surface area contributed by atoms with E-state index in [9.17, 15) is 9.59 Å². The number of likely N-dealkylation sites (N-methyl/N-ethyl adjacent to an activating group) is 1. The van der Waals surface area contributed by atoms with Crippen LogP contribution in [0.1, 0.15) is 51.6 Å². The molecule has 2 aliphatic rings. The molecular formula is C22H33N3O4. The molecule has 0 bridgehead atoms. The number of ether oxygens (including phenoxy) is 2. The largest absolute Gasteiger partial charge is 0.490 e. The van der Waals surface area contributed by atoms with Crippen LogP contribution >= 0.6 is 0 Å². The number of nitrogens with zero attached hydrogens (tertiary/aromatic N) is 2. The topological polar surface area (TPSA) is 71.1 Å². The van der Waals surface area contributed by atoms with Gasteiger partial charge in [-0.05, 0) is 50.9 Å². The lowest BCUT2D eigenvalue weighted by Gasteiger charge is -2.28. The van der Waals surface area contributed by atoms with Gasteiger partial charge in [0.15, 0.2) is 11.5 Å². The third kappa shape index (κ3) is 5.63. The molecule has 1 saturated heterocycles. The summed E-state index contributed by atoms with van der Waals surface area (Å²) in [5.74, 6) is 1.56. The van der Waals surface area contributed by atoms with Crippen LogP contribution in [0.4, 0.5) is 0 Å². The molecule has 1 aromatic carbocycles. The minimum Gasteiger partial charge on any atom is -0.490 e. The minimum atomic E-state index is -0.0458. The van der Waals surface area contributed by atoms with Crippen LogP contribution in [0, 0.1) is 0 Å². The van der Waals surface area contributed by atoms with Crippen LogP contribution in [0.25, 0.3) is 0 Å². The zero-order chi connectivity index (χ0) is 20.8. The highest BCUT2D eigenvalue weighted by atomic mass is 16.5. The molecule has 2 amide bonds. The Morgan fingerprint density at radius 1 is 1.17 bits per heavy atom. The Labute approximate surface area is 173 Å². The zero-order valence-corrected chi connectivity index (χ0v) is 17.8. The van der Waals surface area contributed by atoms with Crippen molar-refractivity contribution in [1.82, 2.24) is 15.1 Å². The highest BCUT2D eigenvalue weighted by Crippen LogP contribution is 2.37. The molecule has 0 aromatic heterocycles. The number of benzene rings is 1. The monoisotopic (exact) mass is 403 g/mol. The van der Waals surface area contributed by atoms with E-state index < -0.39 is 0 Å². The number of likely N-dealkylation sites (tertiary alicyclic amines) is 1. The highest BCUT2D eigenvalue weighted by Gasteiger charge is 2.31. The summed E-state index contributed by atoms with van der Waals surface area (Å²) in [6.07, 6.45) is 2.78. The predicted molar refractivity (Wildman–Crippen MR) is 111 cm³/mol. The van der Waals surface area contributed by atoms with E-state index in [0.29, 0.717) is 19.8 Å². The molecule has 1 aromatic rings. The molecule has 1 N–H and O–H groups in total. The normalized spacial score (nSPS) is 18.8. The van der Waals surface area contributed by atoms with Gasteiger partial charge in [0.05, 0.1) is 32.3 Å². The van der Waals surface area contributed by atoms with Gasteiger partial charge in [0.2, 0.25) is 11.8 Å². The number of nitrogens with one attached hydrogen (secondary N) is 1. The first-order valence-corrected chi connectivity index (χ1v) is 10.7. The summed E-state index contributed by atoms with van der Waals surface area (Å²) in [6, 6.07) is 6.15. The number of hydrogen-bond acceptors (Lipinski definition) is 5. The molecule has 0 spiro atoms. The van der Waals surface area contributed by atoms with E-state index in [0.717, 1.165) is 42.9 Å². The quantitative estimate of drug-likeness (QED) is 0.757. The van der Waals surface area contributed by atoms with Gasteiger partial charge in [-0.15, -0.1) is 0 Å². The minimum absolute atomic E-state index is 0.0443. The molecule has 2 aliphatic heterocycles. The number of fused-ring (bicyclic) bond motifs is 1. The summed E-state index contributed by atoms with van der Waals surface area (Å²) in [5.41, 5.74) is 1.08. The van der Waals surface area contributed by atoms with Gasteiger partial charge < -0.3 is 19.7 Å². The number of amides is 2. The lowest BCUT2D eigenvalue weighted by Crippen LogP contribution is -2.45. The van der Waals surface area contributed by atoms with Gasteiger partial charge in [0, 0.05) is 19.0 Å². The second-order valence-electron chi connectivity index (χ2n) is 8.03. The van der Waals surface area contributed by atoms with Crippen molar-refractivity contribution in [3.05, 3.63) is 23.8 Å². The second-order valence-corrected chi connectivity index (χ2v) is 8.03. The standard InChI is InChI=1S/C22H33N3O4/c1-4-24(14-21(26)23-16(2)3)15-22(27)25-10-5-7-18(25)17-8-9-19-20(13-17)29-12-6-11-28-19/h8-9,13,16,18H,4-7,10-12,14-15H2,1-3H3,(H,23,26)/t18-/m1/s1. The molecule has 3 rings (SSSR count). The molecule has 0 unspecified atom stereocenters. The van der Waals surface area contributed by atoms with Crippen molar-refractivity contribution >= 4 is 11.8 Å². The Kier molecular flexibility index (Phi) is 7.36. The summed E-state index contributed by atoms with van der Waals surface area (Å²) in [4.78, 5) is 29.0. The third-order valence-corrected chi connectivity index (χ3v) is 5.35. The molecule has 29 heavy (non-hydrogen) atoms. The van der Waals surface area contributed by atoms with Gasteiger partial charge in [-0.1, -0.05) is 13.0 Å². The van der Waals surface area contributed by atoms with E-state index in [4.69, 9.17) is 9.47 Å². The molecule has 7 heteroatoms. The number of rotatable bonds is 7. The number of carbonyl (C=O) groups excluding carboxylic acids is 2. The lowest BCUT2D eigenvalue weighted by atomic mass is 10.0. The first kappa shape index (κ1) is 21.4. The van der Waals surface area contributed by atoms with Crippen molar-refractivity contribution in [2.75, 3.05) is 39.4 Å². The summed E-state index contributed by atoms with van der Waals surface area (Å²) < 4.78 is 11.5. The highest BCUT2D eigenvalue weighted by molar-refractivity contribution is 5.81. The number of hydrogen-bond donors (Lipinski definition) is 1. The lowest BCUT2D eigenvalue weighted by molar-refractivity contribution is -0.134. The first-order chi connectivity index (χ1) is 14.0. The van der Waals surface area contributed by atoms with Gasteiger partial charge >= 0.3 is 0 Å². The first-order valence-electron chi connectivity index (χ1n) is 10.7. The van der Waals surface area contributed by atoms with E-state index in [1.165, 1.54) is 0 Å². The molecule has 7 nitrogen and oxygen atoms in total. The van der Waals surface area contributed by atoms with Crippen LogP contribution in [-0.2, 0) is 9.59 Å². The SMILES string of the molecule is CCN(CC(=O)NC(C)C)CC(=O)N1CCC[C@@H]1c1ccc2c(c1)OCCCO2. The maximum atomic E-state index is 13.0. The van der Waals surface area contributed by atoms with E-state index in [2.05, 4.69) is 5.32 Å². The van der Waals surface area contributed by atoms with Crippen LogP contribution in [-0.4, -0.2) is 67.0 Å². The Morgan fingerprint density at radius 2 is 1.93 bits per heavy atom. The fourth-order valence-corrected chi connectivity index (χ4v) is 3.93. The van der Waals surface area contributed by atoms with Crippen LogP contribution in [0.5, 0.6) is 11.5 Å². The van der Waals surface area contributed by atoms with Crippen LogP contribution in [0.15, 0.2) is 18.2 Å². The Bertz CT molecular complexity index is 722. The van der Waals surface area contributed by atoms with Crippen LogP contribution in [0.2, 0.25) is 0 Å². The van der Waals surface area contributed by atoms with E-state index >= 15 is 0 Å². The maximum absolute atomic E-state index is 13.0. The molecule has 2 heterocycles. The van der Waals surface area contributed by atoms with E-state index in [-0.39, 0.29) is 37.0 Å². The summed E-state index contributed by atoms with van der Waals surface area (Å²) in [5, 5.41) is 2.89. The van der Waals surface area contributed by atoms with Crippen molar-refractivity contribution in [1.29, 1.82) is 0 Å². The Morgan fingerprint density at radius 3 is 2.66 bits per heavy atom. The van der Waals surface area contributed by atoms with Crippen molar-refractivity contribution < 1.29 is 19.1 Å². The maximum Gasteiger partial charge on any atom is 0.237 e. The molecule has 160 valence electrons. The fraction of sp³-hybridized carbons (Fsp3) is 0.636. The summed E-state index contributed by atoms with van der Waals surface area (Å²) >= 11 is 0. The molecule has 0 aliphatic carbocycles. The molecule has 1 atom stereocenters. The van der Waals surface area contributed by atoms with E-state index in [1.807, 2.05) is 48.8 Å². The van der Waals surface area contributed by atoms with Crippen molar-refractivity contribution in [3.63, 3.8) is 0 Å². The van der Waals surface area contributed by atoms with E-state index in [1.54, 1.807) is 0 Å². The van der Waals surface area contributed by atoms with Crippen LogP contribution < -0.4 is 14.8 Å². The molecule has 0 radical (unpaired) electrons. The van der Waals surface area contributed by atoms with Gasteiger partial charge in [-0.25, -0.2) is 0 Å². The third-order valence-electron chi connectivity index (χ3n) is 5.35. The van der Waals surface area contributed by atoms with Crippen molar-refractivity contribution in [2.45, 2.75) is 52.1 Å². The Hall–Kier alpha value is -2.28. The zero-order valence-electron chi connectivity index (χ0n) is 17.8. The summed E-state index contributed by atoms with van der Waals surface area (Å²) in [7, 11) is 0. The molecule has 1 fully saturated rings. The average molecular weight is 404 g/mol. The van der Waals surface area contributed by atoms with Crippen LogP contribution in [0.3, 0.4) is 0 Å². The molecule has 0 saturated carbocycles. The van der Waals surface area contributed by atoms with Gasteiger partial charge in [0.1, 0.15) is 0 Å². The van der Waals surface area contributed by atoms with Crippen molar-refractivity contribution in [2.24, 2.45) is 0 Å². The smallest absolute Gasteiger partial charge is 0.237 e. The number of carbonyl (C=O) groups is 2. The summed E-state index contributed by atoms with van der Waals surface area (Å²) in [6.45, 7) is 9.04.